The smallest absolute Gasteiger partial charge is 0.252 e. The van der Waals surface area contributed by atoms with Crippen molar-refractivity contribution in [3.05, 3.63) is 28.2 Å². The highest BCUT2D eigenvalue weighted by atomic mass is 79.9. The van der Waals surface area contributed by atoms with Crippen LogP contribution in [0.4, 0.5) is 0 Å². The summed E-state index contributed by atoms with van der Waals surface area (Å²) in [5, 5.41) is 2.99. The predicted octanol–water partition coefficient (Wildman–Crippen LogP) is 3.66. The molecular weight excluding hydrogens is 286 g/mol. The molecule has 1 amide bonds. The third-order valence-electron chi connectivity index (χ3n) is 2.53. The van der Waals surface area contributed by atoms with Gasteiger partial charge < -0.3 is 5.32 Å². The number of benzene rings is 1. The minimum atomic E-state index is -0.191. The maximum atomic E-state index is 12.0. The first-order valence-corrected chi connectivity index (χ1v) is 6.41. The lowest BCUT2D eigenvalue weighted by Crippen LogP contribution is -2.42. The number of hydrogen-bond donors (Lipinski definition) is 2. The van der Waals surface area contributed by atoms with Crippen LogP contribution in [0.2, 0.25) is 0 Å². The van der Waals surface area contributed by atoms with Gasteiger partial charge in [0, 0.05) is 14.9 Å². The van der Waals surface area contributed by atoms with Crippen LogP contribution < -0.4 is 5.32 Å². The van der Waals surface area contributed by atoms with Gasteiger partial charge in [-0.25, -0.2) is 0 Å². The highest BCUT2D eigenvalue weighted by Crippen LogP contribution is 2.21. The predicted molar refractivity (Wildman–Crippen MR) is 73.2 cm³/mol. The molecule has 0 heterocycles. The molecule has 88 valence electrons. The summed E-state index contributed by atoms with van der Waals surface area (Å²) in [6.45, 7) is 6.05. The van der Waals surface area contributed by atoms with Crippen molar-refractivity contribution in [2.45, 2.75) is 37.6 Å². The molecule has 0 atom stereocenters. The lowest BCUT2D eigenvalue weighted by molar-refractivity contribution is 0.0910. The Morgan fingerprint density at radius 2 is 2.12 bits per heavy atom. The highest BCUT2D eigenvalue weighted by Gasteiger charge is 2.20. The van der Waals surface area contributed by atoms with E-state index in [4.69, 9.17) is 0 Å². The molecule has 0 aliphatic rings. The summed E-state index contributed by atoms with van der Waals surface area (Å²) in [4.78, 5) is 12.8. The van der Waals surface area contributed by atoms with E-state index in [-0.39, 0.29) is 11.4 Å². The molecule has 0 fully saturated rings. The van der Waals surface area contributed by atoms with Crippen LogP contribution in [0.15, 0.2) is 27.6 Å². The van der Waals surface area contributed by atoms with Gasteiger partial charge in [-0.05, 0) is 54.4 Å². The first kappa shape index (κ1) is 13.6. The van der Waals surface area contributed by atoms with E-state index >= 15 is 0 Å². The minimum Gasteiger partial charge on any atom is -0.347 e. The fraction of sp³-hybridized carbons (Fsp3) is 0.417. The van der Waals surface area contributed by atoms with Crippen LogP contribution in [0.5, 0.6) is 0 Å². The van der Waals surface area contributed by atoms with Gasteiger partial charge in [0.1, 0.15) is 0 Å². The first-order valence-electron chi connectivity index (χ1n) is 5.17. The van der Waals surface area contributed by atoms with E-state index in [0.717, 1.165) is 15.8 Å². The van der Waals surface area contributed by atoms with E-state index in [1.807, 2.05) is 32.9 Å². The quantitative estimate of drug-likeness (QED) is 0.820. The van der Waals surface area contributed by atoms with Crippen molar-refractivity contribution in [3.8, 4) is 0 Å². The van der Waals surface area contributed by atoms with Crippen molar-refractivity contribution in [2.75, 3.05) is 0 Å². The van der Waals surface area contributed by atoms with Crippen LogP contribution in [0.1, 0.15) is 37.6 Å². The summed E-state index contributed by atoms with van der Waals surface area (Å²) < 4.78 is 0.787. The van der Waals surface area contributed by atoms with E-state index in [2.05, 4.69) is 33.9 Å². The Kier molecular flexibility index (Phi) is 4.44. The second-order valence-corrected chi connectivity index (χ2v) is 5.73. The molecular formula is C12H16BrNOS. The first-order chi connectivity index (χ1) is 7.35. The molecule has 0 radical (unpaired) electrons. The Morgan fingerprint density at radius 1 is 1.50 bits per heavy atom. The average molecular weight is 302 g/mol. The number of thiol groups is 1. The van der Waals surface area contributed by atoms with Gasteiger partial charge in [0.15, 0.2) is 0 Å². The van der Waals surface area contributed by atoms with Crippen molar-refractivity contribution in [1.29, 1.82) is 0 Å². The van der Waals surface area contributed by atoms with Gasteiger partial charge in [-0.15, -0.1) is 12.6 Å². The normalized spacial score (nSPS) is 11.3. The van der Waals surface area contributed by atoms with Crippen molar-refractivity contribution >= 4 is 34.5 Å². The largest absolute Gasteiger partial charge is 0.347 e. The number of carbonyl (C=O) groups is 1. The molecule has 0 saturated carbocycles. The zero-order valence-electron chi connectivity index (χ0n) is 9.67. The fourth-order valence-corrected chi connectivity index (χ4v) is 1.78. The average Bonchev–Trinajstić information content (AvgIpc) is 2.21. The second kappa shape index (κ2) is 5.23. The standard InChI is InChI=1S/C12H16BrNOS/c1-4-12(2,3)14-11(15)9-7-8(16)5-6-10(9)13/h5-7,16H,4H2,1-3H3,(H,14,15). The summed E-state index contributed by atoms with van der Waals surface area (Å²) in [7, 11) is 0. The number of halogens is 1. The number of amides is 1. The molecule has 2 nitrogen and oxygen atoms in total. The van der Waals surface area contributed by atoms with Crippen molar-refractivity contribution in [2.24, 2.45) is 0 Å². The molecule has 0 aliphatic heterocycles. The molecule has 1 N–H and O–H groups in total. The third kappa shape index (κ3) is 3.52. The van der Waals surface area contributed by atoms with Gasteiger partial charge in [-0.2, -0.15) is 0 Å². The zero-order valence-corrected chi connectivity index (χ0v) is 12.2. The Hall–Kier alpha value is -0.480. The van der Waals surface area contributed by atoms with E-state index in [9.17, 15) is 4.79 Å². The van der Waals surface area contributed by atoms with E-state index in [1.165, 1.54) is 0 Å². The highest BCUT2D eigenvalue weighted by molar-refractivity contribution is 9.10. The molecule has 1 aromatic rings. The molecule has 1 rings (SSSR count). The summed E-state index contributed by atoms with van der Waals surface area (Å²) in [6.07, 6.45) is 0.886. The SMILES string of the molecule is CCC(C)(C)NC(=O)c1cc(S)ccc1Br. The van der Waals surface area contributed by atoms with Gasteiger partial charge in [0.2, 0.25) is 0 Å². The van der Waals surface area contributed by atoms with Crippen LogP contribution >= 0.6 is 28.6 Å². The topological polar surface area (TPSA) is 29.1 Å². The Morgan fingerprint density at radius 3 is 2.69 bits per heavy atom. The van der Waals surface area contributed by atoms with Gasteiger partial charge in [-0.1, -0.05) is 6.92 Å². The maximum Gasteiger partial charge on any atom is 0.252 e. The van der Waals surface area contributed by atoms with Crippen LogP contribution in [-0.4, -0.2) is 11.4 Å². The minimum absolute atomic E-state index is 0.0744. The molecule has 0 unspecified atom stereocenters. The molecule has 0 aromatic heterocycles. The molecule has 1 aromatic carbocycles. The van der Waals surface area contributed by atoms with Gasteiger partial charge in [0.05, 0.1) is 5.56 Å². The summed E-state index contributed by atoms with van der Waals surface area (Å²) in [6, 6.07) is 5.43. The number of rotatable bonds is 3. The molecule has 0 saturated heterocycles. The summed E-state index contributed by atoms with van der Waals surface area (Å²) in [5.74, 6) is -0.0744. The van der Waals surface area contributed by atoms with Gasteiger partial charge in [-0.3, -0.25) is 4.79 Å². The van der Waals surface area contributed by atoms with Gasteiger partial charge >= 0.3 is 0 Å². The maximum absolute atomic E-state index is 12.0. The fourth-order valence-electron chi connectivity index (χ4n) is 1.15. The lowest BCUT2D eigenvalue weighted by atomic mass is 10.0. The number of nitrogens with one attached hydrogen (secondary N) is 1. The monoisotopic (exact) mass is 301 g/mol. The van der Waals surface area contributed by atoms with E-state index < -0.39 is 0 Å². The van der Waals surface area contributed by atoms with Crippen LogP contribution in [0, 0.1) is 0 Å². The third-order valence-corrected chi connectivity index (χ3v) is 3.50. The van der Waals surface area contributed by atoms with Crippen molar-refractivity contribution in [3.63, 3.8) is 0 Å². The molecule has 4 heteroatoms. The molecule has 0 bridgehead atoms. The van der Waals surface area contributed by atoms with Crippen LogP contribution in [0.3, 0.4) is 0 Å². The zero-order chi connectivity index (χ0) is 12.3. The van der Waals surface area contributed by atoms with E-state index in [1.54, 1.807) is 6.07 Å². The number of hydrogen-bond acceptors (Lipinski definition) is 2. The Balaban J connectivity index is 2.93. The number of carbonyl (C=O) groups excluding carboxylic acids is 1. The van der Waals surface area contributed by atoms with Crippen molar-refractivity contribution < 1.29 is 4.79 Å². The van der Waals surface area contributed by atoms with E-state index in [0.29, 0.717) is 5.56 Å². The molecule has 0 spiro atoms. The second-order valence-electron chi connectivity index (χ2n) is 4.36. The van der Waals surface area contributed by atoms with Gasteiger partial charge in [0.25, 0.3) is 5.91 Å². The van der Waals surface area contributed by atoms with Crippen molar-refractivity contribution in [1.82, 2.24) is 5.32 Å². The Labute approximate surface area is 110 Å². The van der Waals surface area contributed by atoms with Crippen LogP contribution in [-0.2, 0) is 0 Å². The molecule has 16 heavy (non-hydrogen) atoms. The van der Waals surface area contributed by atoms with Crippen LogP contribution in [0.25, 0.3) is 0 Å². The summed E-state index contributed by atoms with van der Waals surface area (Å²) >= 11 is 7.60. The Bertz CT molecular complexity index is 404. The lowest BCUT2D eigenvalue weighted by Gasteiger charge is -2.24. The summed E-state index contributed by atoms with van der Waals surface area (Å²) in [5.41, 5.74) is 0.428. The molecule has 0 aliphatic carbocycles.